The van der Waals surface area contributed by atoms with E-state index in [1.165, 1.54) is 25.7 Å². The third-order valence-corrected chi connectivity index (χ3v) is 5.22. The molecule has 0 spiro atoms. The van der Waals surface area contributed by atoms with Crippen molar-refractivity contribution < 1.29 is 14.6 Å². The van der Waals surface area contributed by atoms with Crippen LogP contribution in [0.25, 0.3) is 0 Å². The minimum absolute atomic E-state index is 0.0264. The summed E-state index contributed by atoms with van der Waals surface area (Å²) in [4.78, 5) is 14.5. The van der Waals surface area contributed by atoms with Gasteiger partial charge in [-0.1, -0.05) is 12.8 Å². The minimum Gasteiger partial charge on any atom is -0.393 e. The number of aliphatic hydroxyl groups is 1. The van der Waals surface area contributed by atoms with Crippen molar-refractivity contribution in [1.29, 1.82) is 0 Å². The average Bonchev–Trinajstić information content (AvgIpc) is 3.15. The zero-order valence-corrected chi connectivity index (χ0v) is 15.0. The van der Waals surface area contributed by atoms with E-state index in [4.69, 9.17) is 4.74 Å². The van der Waals surface area contributed by atoms with Gasteiger partial charge in [-0.05, 0) is 56.4 Å². The first-order chi connectivity index (χ1) is 12.2. The summed E-state index contributed by atoms with van der Waals surface area (Å²) in [5.74, 6) is -0.0264. The molecule has 5 heteroatoms. The zero-order valence-electron chi connectivity index (χ0n) is 15.0. The van der Waals surface area contributed by atoms with Crippen molar-refractivity contribution in [3.8, 4) is 0 Å². The predicted octanol–water partition coefficient (Wildman–Crippen LogP) is 2.73. The van der Waals surface area contributed by atoms with Crippen molar-refractivity contribution in [2.45, 2.75) is 57.2 Å². The molecule has 2 fully saturated rings. The van der Waals surface area contributed by atoms with Gasteiger partial charge in [0.25, 0.3) is 5.91 Å². The summed E-state index contributed by atoms with van der Waals surface area (Å²) in [5, 5.41) is 12.5. The van der Waals surface area contributed by atoms with E-state index < -0.39 is 0 Å². The Balaban J connectivity index is 1.37. The highest BCUT2D eigenvalue weighted by atomic mass is 16.5. The molecule has 25 heavy (non-hydrogen) atoms. The number of nitrogens with one attached hydrogen (secondary N) is 1. The van der Waals surface area contributed by atoms with Gasteiger partial charge in [-0.25, -0.2) is 0 Å². The van der Waals surface area contributed by atoms with Crippen LogP contribution in [0, 0.1) is 0 Å². The van der Waals surface area contributed by atoms with Gasteiger partial charge in [0, 0.05) is 37.5 Å². The van der Waals surface area contributed by atoms with Gasteiger partial charge in [-0.15, -0.1) is 0 Å². The van der Waals surface area contributed by atoms with Gasteiger partial charge in [-0.2, -0.15) is 0 Å². The number of nitrogens with zero attached hydrogens (tertiary/aromatic N) is 1. The third-order valence-electron chi connectivity index (χ3n) is 5.22. The van der Waals surface area contributed by atoms with E-state index in [2.05, 4.69) is 10.2 Å². The van der Waals surface area contributed by atoms with Gasteiger partial charge in [-0.3, -0.25) is 4.79 Å². The number of carbonyl (C=O) groups excluding carboxylic acids is 1. The van der Waals surface area contributed by atoms with Crippen LogP contribution < -0.4 is 10.2 Å². The van der Waals surface area contributed by atoms with E-state index in [0.717, 1.165) is 44.6 Å². The van der Waals surface area contributed by atoms with Crippen LogP contribution in [0.1, 0.15) is 55.3 Å². The largest absolute Gasteiger partial charge is 0.393 e. The van der Waals surface area contributed by atoms with E-state index in [1.807, 2.05) is 24.3 Å². The van der Waals surface area contributed by atoms with Crippen LogP contribution >= 0.6 is 0 Å². The van der Waals surface area contributed by atoms with Crippen molar-refractivity contribution >= 4 is 11.6 Å². The number of hydrogen-bond acceptors (Lipinski definition) is 4. The molecule has 1 aliphatic carbocycles. The van der Waals surface area contributed by atoms with Gasteiger partial charge in [0.1, 0.15) is 0 Å². The maximum absolute atomic E-state index is 12.2. The monoisotopic (exact) mass is 346 g/mol. The second kappa shape index (κ2) is 9.20. The van der Waals surface area contributed by atoms with E-state index >= 15 is 0 Å². The van der Waals surface area contributed by atoms with Crippen molar-refractivity contribution in [2.75, 3.05) is 31.1 Å². The number of carbonyl (C=O) groups is 1. The van der Waals surface area contributed by atoms with Gasteiger partial charge in [0.05, 0.1) is 12.2 Å². The number of hydrogen-bond donors (Lipinski definition) is 2. The predicted molar refractivity (Wildman–Crippen MR) is 99.1 cm³/mol. The number of piperidine rings is 1. The molecule has 2 N–H and O–H groups in total. The average molecular weight is 346 g/mol. The molecule has 1 aromatic carbocycles. The molecule has 0 aromatic heterocycles. The van der Waals surface area contributed by atoms with Crippen LogP contribution in [0.4, 0.5) is 5.69 Å². The number of benzene rings is 1. The van der Waals surface area contributed by atoms with Gasteiger partial charge < -0.3 is 20.1 Å². The molecule has 0 atom stereocenters. The molecule has 0 unspecified atom stereocenters. The molecular formula is C20H30N2O3. The van der Waals surface area contributed by atoms with Crippen molar-refractivity contribution in [1.82, 2.24) is 5.32 Å². The standard InChI is InChI=1S/C20H30N2O3/c23-18-10-13-22(14-11-18)17-8-6-16(7-9-17)20(24)21-12-3-15-25-19-4-1-2-5-19/h6-9,18-19,23H,1-5,10-15H2,(H,21,24). The molecule has 1 aliphatic heterocycles. The highest BCUT2D eigenvalue weighted by Gasteiger charge is 2.17. The second-order valence-electron chi connectivity index (χ2n) is 7.15. The molecule has 1 saturated heterocycles. The van der Waals surface area contributed by atoms with E-state index in [0.29, 0.717) is 18.2 Å². The normalized spacial score (nSPS) is 19.3. The second-order valence-corrected chi connectivity index (χ2v) is 7.15. The molecule has 0 radical (unpaired) electrons. The lowest BCUT2D eigenvalue weighted by molar-refractivity contribution is 0.0565. The summed E-state index contributed by atoms with van der Waals surface area (Å²) in [6.07, 6.45) is 7.71. The Bertz CT molecular complexity index is 532. The number of amides is 1. The highest BCUT2D eigenvalue weighted by molar-refractivity contribution is 5.94. The fourth-order valence-corrected chi connectivity index (χ4v) is 3.63. The number of rotatable bonds is 7. The molecule has 2 aliphatic rings. The number of anilines is 1. The van der Waals surface area contributed by atoms with E-state index in [-0.39, 0.29) is 12.0 Å². The molecule has 3 rings (SSSR count). The van der Waals surface area contributed by atoms with Crippen molar-refractivity contribution in [3.05, 3.63) is 29.8 Å². The quantitative estimate of drug-likeness (QED) is 0.745. The molecule has 1 saturated carbocycles. The van der Waals surface area contributed by atoms with Crippen LogP contribution in [0.15, 0.2) is 24.3 Å². The Labute approximate surface area is 150 Å². The molecule has 138 valence electrons. The summed E-state index contributed by atoms with van der Waals surface area (Å²) >= 11 is 0. The molecule has 1 amide bonds. The molecule has 0 bridgehead atoms. The lowest BCUT2D eigenvalue weighted by atomic mass is 10.1. The van der Waals surface area contributed by atoms with Crippen molar-refractivity contribution in [2.24, 2.45) is 0 Å². The van der Waals surface area contributed by atoms with E-state index in [1.54, 1.807) is 0 Å². The third kappa shape index (κ3) is 5.44. The van der Waals surface area contributed by atoms with Gasteiger partial charge in [0.2, 0.25) is 0 Å². The first kappa shape index (κ1) is 18.2. The molecule has 5 nitrogen and oxygen atoms in total. The maximum atomic E-state index is 12.2. The van der Waals surface area contributed by atoms with Gasteiger partial charge >= 0.3 is 0 Å². The van der Waals surface area contributed by atoms with Crippen LogP contribution in [-0.4, -0.2) is 49.5 Å². The Morgan fingerprint density at radius 2 is 1.80 bits per heavy atom. The fraction of sp³-hybridized carbons (Fsp3) is 0.650. The van der Waals surface area contributed by atoms with Crippen LogP contribution in [-0.2, 0) is 4.74 Å². The summed E-state index contributed by atoms with van der Waals surface area (Å²) in [6, 6.07) is 7.75. The molecular weight excluding hydrogens is 316 g/mol. The van der Waals surface area contributed by atoms with Crippen LogP contribution in [0.3, 0.4) is 0 Å². The molecule has 1 aromatic rings. The molecule has 1 heterocycles. The first-order valence-corrected chi connectivity index (χ1v) is 9.65. The fourth-order valence-electron chi connectivity index (χ4n) is 3.63. The minimum atomic E-state index is -0.168. The summed E-state index contributed by atoms with van der Waals surface area (Å²) in [7, 11) is 0. The van der Waals surface area contributed by atoms with Crippen LogP contribution in [0.5, 0.6) is 0 Å². The van der Waals surface area contributed by atoms with Gasteiger partial charge in [0.15, 0.2) is 0 Å². The maximum Gasteiger partial charge on any atom is 0.251 e. The van der Waals surface area contributed by atoms with E-state index in [9.17, 15) is 9.90 Å². The first-order valence-electron chi connectivity index (χ1n) is 9.65. The SMILES string of the molecule is O=C(NCCCOC1CCCC1)c1ccc(N2CCC(O)CC2)cc1. The number of ether oxygens (including phenoxy) is 1. The smallest absolute Gasteiger partial charge is 0.251 e. The van der Waals surface area contributed by atoms with Crippen LogP contribution in [0.2, 0.25) is 0 Å². The Hall–Kier alpha value is -1.59. The summed E-state index contributed by atoms with van der Waals surface area (Å²) < 4.78 is 5.81. The topological polar surface area (TPSA) is 61.8 Å². The Morgan fingerprint density at radius 1 is 1.12 bits per heavy atom. The Kier molecular flexibility index (Phi) is 6.70. The summed E-state index contributed by atoms with van der Waals surface area (Å²) in [5.41, 5.74) is 1.81. The zero-order chi connectivity index (χ0) is 17.5. The lowest BCUT2D eigenvalue weighted by Gasteiger charge is -2.31. The summed E-state index contributed by atoms with van der Waals surface area (Å²) in [6.45, 7) is 3.11. The lowest BCUT2D eigenvalue weighted by Crippen LogP contribution is -2.35. The Morgan fingerprint density at radius 3 is 2.48 bits per heavy atom. The highest BCUT2D eigenvalue weighted by Crippen LogP contribution is 2.21. The number of aliphatic hydroxyl groups excluding tert-OH is 1. The van der Waals surface area contributed by atoms with Crippen molar-refractivity contribution in [3.63, 3.8) is 0 Å².